The number of aromatic amines is 1. The Hall–Kier alpha value is -4.43. The zero-order chi connectivity index (χ0) is 39.8. The first-order valence-electron chi connectivity index (χ1n) is 19.9. The summed E-state index contributed by atoms with van der Waals surface area (Å²) in [7, 11) is 4.74. The lowest BCUT2D eigenvalue weighted by Crippen LogP contribution is -2.80. The number of rotatable bonds is 6. The predicted molar refractivity (Wildman–Crippen MR) is 211 cm³/mol. The number of hydrogen-bond acceptors (Lipinski definition) is 10. The molecule has 2 aromatic carbocycles. The van der Waals surface area contributed by atoms with Gasteiger partial charge in [0.1, 0.15) is 17.3 Å². The van der Waals surface area contributed by atoms with Crippen LogP contribution in [-0.4, -0.2) is 114 Å². The van der Waals surface area contributed by atoms with Crippen LogP contribution in [0.3, 0.4) is 0 Å². The van der Waals surface area contributed by atoms with E-state index in [0.29, 0.717) is 87.4 Å². The summed E-state index contributed by atoms with van der Waals surface area (Å²) in [5.41, 5.74) is 7.08. The van der Waals surface area contributed by atoms with Crippen molar-refractivity contribution < 1.29 is 34.4 Å². The predicted octanol–water partition coefficient (Wildman–Crippen LogP) is 4.13. The number of azide groups is 1. The molecule has 1 amide bonds. The van der Waals surface area contributed by atoms with Crippen LogP contribution in [0.15, 0.2) is 53.7 Å². The third-order valence-corrected chi connectivity index (χ3v) is 14.5. The number of amides is 1. The summed E-state index contributed by atoms with van der Waals surface area (Å²) < 4.78 is 12.1. The summed E-state index contributed by atoms with van der Waals surface area (Å²) in [5.74, 6) is -1.21. The van der Waals surface area contributed by atoms with Gasteiger partial charge < -0.3 is 40.0 Å². The molecule has 4 aliphatic heterocycles. The number of carbonyl (C=O) groups is 2. The number of β-amino-alcohol motifs (C(OH)–C–C–N with tert-alkyl or cyclic N) is 1. The summed E-state index contributed by atoms with van der Waals surface area (Å²) >= 11 is 0. The highest BCUT2D eigenvalue weighted by Crippen LogP contribution is 2.67. The minimum atomic E-state index is -2.49. The molecule has 1 saturated carbocycles. The number of aromatic nitrogens is 1. The number of nitrogens with zero attached hydrogens (tertiary/aromatic N) is 5. The maximum Gasteiger partial charge on any atom is 0.322 e. The number of esters is 1. The van der Waals surface area contributed by atoms with Crippen molar-refractivity contribution in [3.05, 3.63) is 81.4 Å². The lowest BCUT2D eigenvalue weighted by Gasteiger charge is -2.63. The van der Waals surface area contributed by atoms with Crippen molar-refractivity contribution in [3.63, 3.8) is 0 Å². The van der Waals surface area contributed by atoms with Crippen molar-refractivity contribution >= 4 is 28.5 Å². The number of methoxy groups -OCH3 is 2. The Balaban J connectivity index is 1.45. The van der Waals surface area contributed by atoms with Crippen LogP contribution in [0.4, 0.5) is 5.69 Å². The maximum absolute atomic E-state index is 15.0. The minimum Gasteiger partial charge on any atom is -0.496 e. The van der Waals surface area contributed by atoms with Gasteiger partial charge in [-0.3, -0.25) is 14.5 Å². The molecular formula is C42H53N7O7. The van der Waals surface area contributed by atoms with E-state index < -0.39 is 51.5 Å². The van der Waals surface area contributed by atoms with Gasteiger partial charge in [0, 0.05) is 75.8 Å². The number of H-pyrrole nitrogens is 1. The zero-order valence-corrected chi connectivity index (χ0v) is 32.8. The fraction of sp³-hybridized carbons (Fsp3) is 0.571. The summed E-state index contributed by atoms with van der Waals surface area (Å²) in [6.45, 7) is 6.14. The highest BCUT2D eigenvalue weighted by molar-refractivity contribution is 5.95. The Kier molecular flexibility index (Phi) is 9.34. The summed E-state index contributed by atoms with van der Waals surface area (Å²) in [6.07, 6.45) is 5.52. The maximum atomic E-state index is 15.0. The standard InChI is InChI=1S/C42H53N7O7/c1-6-38(53)15-10-17-40(37(52)56-5,32-26(14-19-44-24-38)25-12-8-9-13-29(25)45-32)28-22-27-30(23-31(28)55-4)48(3)34-41(27)18-21-49-20-11-16-39(7-2,33(41)49)35(50)42(34,54)36(51)46-47-43/h8-9,11-13,16,22-23,33-35,44-45,50,53-54H,6-7,10,14-15,17-21,24H2,1-5H3/t33-,34+,35+,38-,39+,40-,41+,42-/m0/s1. The molecule has 1 aliphatic carbocycles. The highest BCUT2D eigenvalue weighted by atomic mass is 16.5. The Morgan fingerprint density at radius 2 is 1.86 bits per heavy atom. The lowest BCUT2D eigenvalue weighted by molar-refractivity contribution is -0.201. The summed E-state index contributed by atoms with van der Waals surface area (Å²) in [5, 5.41) is 44.9. The third kappa shape index (κ3) is 4.89. The van der Waals surface area contributed by atoms with Crippen LogP contribution in [0.25, 0.3) is 21.3 Å². The van der Waals surface area contributed by atoms with Crippen LogP contribution in [0.1, 0.15) is 74.8 Å². The minimum absolute atomic E-state index is 0.276. The quantitative estimate of drug-likeness (QED) is 0.0800. The normalized spacial score (nSPS) is 35.1. The van der Waals surface area contributed by atoms with Gasteiger partial charge in [0.2, 0.25) is 0 Å². The first-order valence-corrected chi connectivity index (χ1v) is 19.9. The van der Waals surface area contributed by atoms with Gasteiger partial charge in [0.15, 0.2) is 5.60 Å². The molecule has 14 heteroatoms. The van der Waals surface area contributed by atoms with Crippen LogP contribution in [0.2, 0.25) is 0 Å². The van der Waals surface area contributed by atoms with E-state index in [2.05, 4.69) is 31.3 Å². The number of para-hydroxylation sites is 1. The number of aliphatic hydroxyl groups is 3. The second-order valence-electron chi connectivity index (χ2n) is 16.6. The Bertz CT molecular complexity index is 2170. The molecule has 0 radical (unpaired) electrons. The molecule has 8 rings (SSSR count). The molecule has 5 heterocycles. The molecule has 5 N–H and O–H groups in total. The fourth-order valence-corrected chi connectivity index (χ4v) is 12.0. The van der Waals surface area contributed by atoms with E-state index >= 15 is 4.79 Å². The molecule has 1 saturated heterocycles. The molecule has 0 bridgehead atoms. The van der Waals surface area contributed by atoms with Crippen molar-refractivity contribution in [2.24, 2.45) is 10.5 Å². The summed E-state index contributed by atoms with van der Waals surface area (Å²) in [4.78, 5) is 39.7. The molecule has 8 atom stereocenters. The Morgan fingerprint density at radius 1 is 1.07 bits per heavy atom. The average molecular weight is 768 g/mol. The molecule has 298 valence electrons. The molecule has 3 aromatic rings. The van der Waals surface area contributed by atoms with E-state index in [1.165, 1.54) is 7.11 Å². The van der Waals surface area contributed by atoms with E-state index in [1.807, 2.05) is 61.2 Å². The molecule has 0 unspecified atom stereocenters. The van der Waals surface area contributed by atoms with Gasteiger partial charge in [0.05, 0.1) is 25.9 Å². The second kappa shape index (κ2) is 13.6. The number of aliphatic hydroxyl groups excluding tert-OH is 1. The van der Waals surface area contributed by atoms with Gasteiger partial charge in [0.25, 0.3) is 5.91 Å². The van der Waals surface area contributed by atoms with E-state index in [9.17, 15) is 25.6 Å². The van der Waals surface area contributed by atoms with Crippen molar-refractivity contribution in [2.75, 3.05) is 52.3 Å². The molecule has 1 aromatic heterocycles. The van der Waals surface area contributed by atoms with Crippen molar-refractivity contribution in [1.29, 1.82) is 0 Å². The highest BCUT2D eigenvalue weighted by Gasteiger charge is 2.78. The van der Waals surface area contributed by atoms with Gasteiger partial charge in [-0.1, -0.05) is 44.2 Å². The lowest BCUT2D eigenvalue weighted by atomic mass is 9.47. The average Bonchev–Trinajstić information content (AvgIpc) is 3.86. The van der Waals surface area contributed by atoms with Crippen molar-refractivity contribution in [3.8, 4) is 5.75 Å². The molecule has 14 nitrogen and oxygen atoms in total. The van der Waals surface area contributed by atoms with E-state index in [0.717, 1.165) is 22.0 Å². The molecule has 5 aliphatic rings. The van der Waals surface area contributed by atoms with Crippen molar-refractivity contribution in [2.45, 2.75) is 99.0 Å². The van der Waals surface area contributed by atoms with Gasteiger partial charge in [-0.2, -0.15) is 0 Å². The van der Waals surface area contributed by atoms with Crippen LogP contribution in [0, 0.1) is 5.41 Å². The number of carbonyl (C=O) groups excluding carboxylic acids is 2. The Labute approximate surface area is 326 Å². The smallest absolute Gasteiger partial charge is 0.322 e. The van der Waals surface area contributed by atoms with Crippen LogP contribution in [0.5, 0.6) is 5.75 Å². The topological polar surface area (TPSA) is 196 Å². The second-order valence-corrected chi connectivity index (χ2v) is 16.6. The van der Waals surface area contributed by atoms with Gasteiger partial charge in [-0.15, -0.1) is 0 Å². The van der Waals surface area contributed by atoms with Crippen LogP contribution < -0.4 is 15.0 Å². The number of hydrogen-bond donors (Lipinski definition) is 5. The van der Waals surface area contributed by atoms with Crippen molar-refractivity contribution in [1.82, 2.24) is 15.2 Å². The van der Waals surface area contributed by atoms with Gasteiger partial charge >= 0.3 is 5.97 Å². The SMILES string of the molecule is CC[C@]1(O)CCC[C@](C(=O)OC)(c2cc3c(cc2OC)N(C)[C@H]2[C@@](O)(C(=O)N=[N+]=[N-])[C@H](O)[C@]4(CC)C=CCN5CC[C@]32[C@@H]54)c2[nH]c3ccccc3c2CCNC1. The van der Waals surface area contributed by atoms with Crippen LogP contribution >= 0.6 is 0 Å². The van der Waals surface area contributed by atoms with E-state index in [1.54, 1.807) is 14.2 Å². The number of ether oxygens (including phenoxy) is 2. The molecular weight excluding hydrogens is 715 g/mol. The third-order valence-electron chi connectivity index (χ3n) is 14.5. The zero-order valence-electron chi connectivity index (χ0n) is 32.8. The Morgan fingerprint density at radius 3 is 2.57 bits per heavy atom. The fourth-order valence-electron chi connectivity index (χ4n) is 12.0. The number of benzene rings is 2. The monoisotopic (exact) mass is 767 g/mol. The number of nitrogens with one attached hydrogen (secondary N) is 2. The van der Waals surface area contributed by atoms with Gasteiger partial charge in [-0.05, 0) is 91.9 Å². The van der Waals surface area contributed by atoms with Gasteiger partial charge in [-0.25, -0.2) is 0 Å². The molecule has 56 heavy (non-hydrogen) atoms. The van der Waals surface area contributed by atoms with Crippen LogP contribution in [-0.2, 0) is 31.6 Å². The van der Waals surface area contributed by atoms with E-state index in [4.69, 9.17) is 9.47 Å². The summed E-state index contributed by atoms with van der Waals surface area (Å²) in [6, 6.07) is 10.5. The number of likely N-dealkylation sites (N-methyl/N-ethyl adjacent to an activating group) is 1. The van der Waals surface area contributed by atoms with E-state index in [-0.39, 0.29) is 12.5 Å². The largest absolute Gasteiger partial charge is 0.496 e. The first kappa shape index (κ1) is 38.4. The number of anilines is 1. The molecule has 1 spiro atoms. The first-order chi connectivity index (χ1) is 26.9. The molecule has 2 fully saturated rings. The number of fused-ring (bicyclic) bond motifs is 4.